The van der Waals surface area contributed by atoms with E-state index in [0.717, 1.165) is 30.0 Å². The zero-order valence-corrected chi connectivity index (χ0v) is 14.5. The standard InChI is InChI=1S/C19H18F4N2O2/c1-18(27-13-5-3-2-4-6-13)19(22,23)14(9-10-25(18)17(24)26)12-7-8-15(20)16(21)11-12/h2-8,11,14H,9-10H2,1H3,(H2,24,26). The summed E-state index contributed by atoms with van der Waals surface area (Å²) in [6.45, 7) is 0.939. The van der Waals surface area contributed by atoms with E-state index in [1.807, 2.05) is 0 Å². The number of carbonyl (C=O) groups excluding carboxylic acids is 1. The topological polar surface area (TPSA) is 55.6 Å². The van der Waals surface area contributed by atoms with Crippen molar-refractivity contribution >= 4 is 6.03 Å². The van der Waals surface area contributed by atoms with E-state index in [-0.39, 0.29) is 24.3 Å². The first-order valence-electron chi connectivity index (χ1n) is 8.30. The number of primary amides is 1. The van der Waals surface area contributed by atoms with Crippen LogP contribution in [0.4, 0.5) is 22.4 Å². The van der Waals surface area contributed by atoms with Gasteiger partial charge in [-0.2, -0.15) is 8.78 Å². The van der Waals surface area contributed by atoms with Gasteiger partial charge >= 0.3 is 12.0 Å². The van der Waals surface area contributed by atoms with Crippen molar-refractivity contribution in [3.05, 3.63) is 65.7 Å². The van der Waals surface area contributed by atoms with Gasteiger partial charge in [0.15, 0.2) is 11.6 Å². The number of alkyl halides is 2. The molecule has 3 rings (SSSR count). The molecule has 27 heavy (non-hydrogen) atoms. The number of hydrogen-bond donors (Lipinski definition) is 1. The van der Waals surface area contributed by atoms with Crippen LogP contribution in [0.3, 0.4) is 0 Å². The minimum absolute atomic E-state index is 0.0779. The molecule has 0 aliphatic carbocycles. The molecule has 2 aromatic rings. The highest BCUT2D eigenvalue weighted by Crippen LogP contribution is 2.50. The second-order valence-corrected chi connectivity index (χ2v) is 6.53. The molecule has 4 nitrogen and oxygen atoms in total. The second kappa shape index (κ2) is 6.75. The molecule has 2 amide bonds. The molecule has 0 saturated carbocycles. The van der Waals surface area contributed by atoms with Crippen molar-refractivity contribution in [3.63, 3.8) is 0 Å². The number of nitrogens with two attached hydrogens (primary N) is 1. The monoisotopic (exact) mass is 382 g/mol. The maximum atomic E-state index is 15.5. The van der Waals surface area contributed by atoms with E-state index in [9.17, 15) is 13.6 Å². The quantitative estimate of drug-likeness (QED) is 0.807. The number of likely N-dealkylation sites (tertiary alicyclic amines) is 1. The van der Waals surface area contributed by atoms with Gasteiger partial charge in [-0.15, -0.1) is 0 Å². The molecule has 1 saturated heterocycles. The van der Waals surface area contributed by atoms with Crippen molar-refractivity contribution in [1.29, 1.82) is 0 Å². The van der Waals surface area contributed by atoms with Crippen molar-refractivity contribution < 1.29 is 27.1 Å². The first-order chi connectivity index (χ1) is 12.7. The van der Waals surface area contributed by atoms with Gasteiger partial charge in [-0.05, 0) is 36.2 Å². The van der Waals surface area contributed by atoms with E-state index in [4.69, 9.17) is 10.5 Å². The van der Waals surface area contributed by atoms with E-state index in [1.165, 1.54) is 12.1 Å². The summed E-state index contributed by atoms with van der Waals surface area (Å²) in [6, 6.07) is 9.43. The third-order valence-corrected chi connectivity index (χ3v) is 4.88. The molecule has 2 unspecified atom stereocenters. The van der Waals surface area contributed by atoms with Crippen LogP contribution in [0.25, 0.3) is 0 Å². The Morgan fingerprint density at radius 1 is 1.15 bits per heavy atom. The first kappa shape index (κ1) is 19.0. The molecule has 2 aromatic carbocycles. The SMILES string of the molecule is CC1(Oc2ccccc2)N(C(N)=O)CCC(c2ccc(F)c(F)c2)C1(F)F. The minimum Gasteiger partial charge on any atom is -0.462 e. The van der Waals surface area contributed by atoms with Gasteiger partial charge in [0.25, 0.3) is 0 Å². The number of amides is 2. The lowest BCUT2D eigenvalue weighted by molar-refractivity contribution is -0.246. The minimum atomic E-state index is -3.64. The summed E-state index contributed by atoms with van der Waals surface area (Å²) in [6.07, 6.45) is -0.186. The Labute approximate surface area is 153 Å². The number of urea groups is 1. The Morgan fingerprint density at radius 2 is 1.81 bits per heavy atom. The van der Waals surface area contributed by atoms with Crippen LogP contribution in [0.5, 0.6) is 5.75 Å². The largest absolute Gasteiger partial charge is 0.462 e. The van der Waals surface area contributed by atoms with Crippen molar-refractivity contribution in [2.75, 3.05) is 6.54 Å². The molecule has 1 heterocycles. The fraction of sp³-hybridized carbons (Fsp3) is 0.316. The maximum Gasteiger partial charge on any atom is 0.318 e. The molecule has 0 spiro atoms. The van der Waals surface area contributed by atoms with E-state index in [1.54, 1.807) is 18.2 Å². The van der Waals surface area contributed by atoms with Gasteiger partial charge < -0.3 is 10.5 Å². The zero-order chi connectivity index (χ0) is 19.8. The van der Waals surface area contributed by atoms with Crippen LogP contribution in [-0.2, 0) is 0 Å². The fourth-order valence-electron chi connectivity index (χ4n) is 3.42. The normalized spacial score (nSPS) is 24.5. The molecule has 8 heteroatoms. The number of para-hydroxylation sites is 1. The molecular formula is C19H18F4N2O2. The molecule has 1 aliphatic heterocycles. The second-order valence-electron chi connectivity index (χ2n) is 6.53. The van der Waals surface area contributed by atoms with Gasteiger partial charge in [-0.3, -0.25) is 4.90 Å². The van der Waals surface area contributed by atoms with Crippen LogP contribution in [0.1, 0.15) is 24.8 Å². The van der Waals surface area contributed by atoms with Gasteiger partial charge in [0.2, 0.25) is 5.72 Å². The van der Waals surface area contributed by atoms with Crippen LogP contribution >= 0.6 is 0 Å². The molecule has 0 radical (unpaired) electrons. The fourth-order valence-corrected chi connectivity index (χ4v) is 3.42. The van der Waals surface area contributed by atoms with Crippen molar-refractivity contribution in [2.45, 2.75) is 30.9 Å². The van der Waals surface area contributed by atoms with Crippen LogP contribution in [0.2, 0.25) is 0 Å². The number of rotatable bonds is 3. The molecule has 1 fully saturated rings. The van der Waals surface area contributed by atoms with Crippen LogP contribution in [0.15, 0.2) is 48.5 Å². The summed E-state index contributed by atoms with van der Waals surface area (Å²) in [5.74, 6) is -7.35. The Kier molecular flexibility index (Phi) is 4.75. The molecular weight excluding hydrogens is 364 g/mol. The Bertz CT molecular complexity index is 847. The van der Waals surface area contributed by atoms with Crippen molar-refractivity contribution in [1.82, 2.24) is 4.90 Å². The summed E-state index contributed by atoms with van der Waals surface area (Å²) in [4.78, 5) is 12.6. The highest BCUT2D eigenvalue weighted by atomic mass is 19.3. The number of nitrogens with zero attached hydrogens (tertiary/aromatic N) is 1. The lowest BCUT2D eigenvalue weighted by Crippen LogP contribution is -2.70. The summed E-state index contributed by atoms with van der Waals surface area (Å²) in [5, 5.41) is 0. The average Bonchev–Trinajstić information content (AvgIpc) is 2.60. The third-order valence-electron chi connectivity index (χ3n) is 4.88. The number of ether oxygens (including phenoxy) is 1. The summed E-state index contributed by atoms with van der Waals surface area (Å²) in [7, 11) is 0. The van der Waals surface area contributed by atoms with Gasteiger partial charge in [-0.1, -0.05) is 24.3 Å². The lowest BCUT2D eigenvalue weighted by atomic mass is 9.80. The van der Waals surface area contributed by atoms with E-state index in [0.29, 0.717) is 0 Å². The molecule has 0 aromatic heterocycles. The van der Waals surface area contributed by atoms with Gasteiger partial charge in [0.05, 0.1) is 5.92 Å². The Hall–Kier alpha value is -2.77. The number of piperidine rings is 1. The summed E-state index contributed by atoms with van der Waals surface area (Å²) < 4.78 is 63.4. The number of benzene rings is 2. The van der Waals surface area contributed by atoms with Crippen LogP contribution < -0.4 is 10.5 Å². The average molecular weight is 382 g/mol. The number of hydrogen-bond acceptors (Lipinski definition) is 2. The summed E-state index contributed by atoms with van der Waals surface area (Å²) in [5.41, 5.74) is 2.82. The Morgan fingerprint density at radius 3 is 2.41 bits per heavy atom. The number of halogens is 4. The highest BCUT2D eigenvalue weighted by Gasteiger charge is 2.65. The van der Waals surface area contributed by atoms with E-state index < -0.39 is 35.2 Å². The van der Waals surface area contributed by atoms with Crippen LogP contribution in [-0.4, -0.2) is 29.1 Å². The molecule has 2 atom stereocenters. The van der Waals surface area contributed by atoms with E-state index >= 15 is 8.78 Å². The third kappa shape index (κ3) is 3.20. The van der Waals surface area contributed by atoms with Gasteiger partial charge in [0.1, 0.15) is 5.75 Å². The van der Waals surface area contributed by atoms with Crippen molar-refractivity contribution in [3.8, 4) is 5.75 Å². The summed E-state index contributed by atoms with van der Waals surface area (Å²) >= 11 is 0. The predicted octanol–water partition coefficient (Wildman–Crippen LogP) is 4.26. The smallest absolute Gasteiger partial charge is 0.318 e. The zero-order valence-electron chi connectivity index (χ0n) is 14.5. The van der Waals surface area contributed by atoms with Crippen LogP contribution in [0, 0.1) is 11.6 Å². The molecule has 144 valence electrons. The number of carbonyl (C=O) groups is 1. The molecule has 0 bridgehead atoms. The lowest BCUT2D eigenvalue weighted by Gasteiger charge is -2.51. The maximum absolute atomic E-state index is 15.5. The predicted molar refractivity (Wildman–Crippen MR) is 90.4 cm³/mol. The first-order valence-corrected chi connectivity index (χ1v) is 8.30. The molecule has 2 N–H and O–H groups in total. The van der Waals surface area contributed by atoms with Crippen molar-refractivity contribution in [2.24, 2.45) is 5.73 Å². The van der Waals surface area contributed by atoms with Gasteiger partial charge in [-0.25, -0.2) is 13.6 Å². The van der Waals surface area contributed by atoms with Gasteiger partial charge in [0, 0.05) is 13.5 Å². The highest BCUT2D eigenvalue weighted by molar-refractivity contribution is 5.73. The Balaban J connectivity index is 2.05. The van der Waals surface area contributed by atoms with E-state index in [2.05, 4.69) is 0 Å². The molecule has 1 aliphatic rings.